The van der Waals surface area contributed by atoms with Crippen LogP contribution in [0, 0.1) is 0 Å². The highest BCUT2D eigenvalue weighted by molar-refractivity contribution is 5.49. The summed E-state index contributed by atoms with van der Waals surface area (Å²) in [5, 5.41) is 0. The minimum atomic E-state index is 0.613. The molecule has 0 bridgehead atoms. The van der Waals surface area contributed by atoms with Crippen LogP contribution < -0.4 is 5.73 Å². The number of pyridine rings is 1. The summed E-state index contributed by atoms with van der Waals surface area (Å²) in [6, 6.07) is 8.22. The number of nitrogens with zero attached hydrogens (tertiary/aromatic N) is 1. The van der Waals surface area contributed by atoms with Gasteiger partial charge in [0.2, 0.25) is 0 Å². The number of fused-ring (bicyclic) bond motifs is 1. The molecular weight excluding hydrogens is 136 g/mol. The predicted octanol–water partition coefficient (Wildman–Crippen LogP) is 1.40. The van der Waals surface area contributed by atoms with Crippen LogP contribution in [0.5, 0.6) is 0 Å². The second-order valence-electron chi connectivity index (χ2n) is 2.58. The predicted molar refractivity (Wildman–Crippen MR) is 45.3 cm³/mol. The first kappa shape index (κ1) is 6.43. The average molecular weight is 146 g/mol. The fraction of sp³-hybridized carbons (Fsp3) is 0.111. The van der Waals surface area contributed by atoms with Gasteiger partial charge in [-0.3, -0.25) is 0 Å². The zero-order valence-electron chi connectivity index (χ0n) is 6.20. The standard InChI is InChI=1S/C9H10N2/c10-7-8-3-5-11-4-1-2-9(11)6-8/h1-6H,7,10H2. The van der Waals surface area contributed by atoms with Crippen molar-refractivity contribution < 1.29 is 0 Å². The summed E-state index contributed by atoms with van der Waals surface area (Å²) in [6.45, 7) is 0.613. The van der Waals surface area contributed by atoms with E-state index in [2.05, 4.69) is 16.5 Å². The Bertz CT molecular complexity index is 362. The third-order valence-corrected chi connectivity index (χ3v) is 1.83. The molecule has 0 saturated heterocycles. The van der Waals surface area contributed by atoms with E-state index in [9.17, 15) is 0 Å². The van der Waals surface area contributed by atoms with Gasteiger partial charge in [0.1, 0.15) is 0 Å². The van der Waals surface area contributed by atoms with Crippen LogP contribution in [0.3, 0.4) is 0 Å². The molecule has 0 fully saturated rings. The summed E-state index contributed by atoms with van der Waals surface area (Å²) >= 11 is 0. The van der Waals surface area contributed by atoms with E-state index in [-0.39, 0.29) is 0 Å². The first-order valence-electron chi connectivity index (χ1n) is 3.66. The Labute approximate surface area is 65.3 Å². The van der Waals surface area contributed by atoms with E-state index in [0.717, 1.165) is 0 Å². The molecule has 2 heterocycles. The Hall–Kier alpha value is -1.28. The Kier molecular flexibility index (Phi) is 1.40. The lowest BCUT2D eigenvalue weighted by Crippen LogP contribution is -1.96. The van der Waals surface area contributed by atoms with Crippen LogP contribution in [0.1, 0.15) is 5.56 Å². The second-order valence-corrected chi connectivity index (χ2v) is 2.58. The molecule has 2 aromatic rings. The van der Waals surface area contributed by atoms with E-state index in [4.69, 9.17) is 5.73 Å². The smallest absolute Gasteiger partial charge is 0.0453 e. The maximum absolute atomic E-state index is 5.50. The molecule has 0 aromatic carbocycles. The van der Waals surface area contributed by atoms with Gasteiger partial charge in [-0.2, -0.15) is 0 Å². The molecule has 0 aliphatic heterocycles. The molecule has 11 heavy (non-hydrogen) atoms. The highest BCUT2D eigenvalue weighted by Crippen LogP contribution is 2.06. The number of rotatable bonds is 1. The van der Waals surface area contributed by atoms with Crippen molar-refractivity contribution in [3.8, 4) is 0 Å². The molecule has 0 amide bonds. The van der Waals surface area contributed by atoms with Gasteiger partial charge >= 0.3 is 0 Å². The van der Waals surface area contributed by atoms with Gasteiger partial charge in [0.05, 0.1) is 0 Å². The largest absolute Gasteiger partial charge is 0.326 e. The molecule has 2 rings (SSSR count). The fourth-order valence-electron chi connectivity index (χ4n) is 1.21. The van der Waals surface area contributed by atoms with Gasteiger partial charge in [0.15, 0.2) is 0 Å². The molecule has 2 heteroatoms. The Morgan fingerprint density at radius 2 is 2.18 bits per heavy atom. The normalized spacial score (nSPS) is 10.6. The number of hydrogen-bond donors (Lipinski definition) is 1. The van der Waals surface area contributed by atoms with Crippen molar-refractivity contribution in [2.75, 3.05) is 0 Å². The SMILES string of the molecule is NCc1ccn2cccc2c1. The van der Waals surface area contributed by atoms with Gasteiger partial charge in [0, 0.05) is 24.5 Å². The van der Waals surface area contributed by atoms with Crippen molar-refractivity contribution in [1.82, 2.24) is 4.40 Å². The molecule has 56 valence electrons. The first-order chi connectivity index (χ1) is 5.40. The summed E-state index contributed by atoms with van der Waals surface area (Å²) in [5.41, 5.74) is 7.88. The zero-order valence-corrected chi connectivity index (χ0v) is 6.20. The van der Waals surface area contributed by atoms with E-state index in [1.165, 1.54) is 11.1 Å². The van der Waals surface area contributed by atoms with Crippen molar-refractivity contribution in [3.63, 3.8) is 0 Å². The third-order valence-electron chi connectivity index (χ3n) is 1.83. The summed E-state index contributed by atoms with van der Waals surface area (Å²) in [6.07, 6.45) is 4.05. The van der Waals surface area contributed by atoms with Gasteiger partial charge in [-0.1, -0.05) is 0 Å². The maximum atomic E-state index is 5.50. The summed E-state index contributed by atoms with van der Waals surface area (Å²) in [7, 11) is 0. The summed E-state index contributed by atoms with van der Waals surface area (Å²) in [4.78, 5) is 0. The molecular formula is C9H10N2. The van der Waals surface area contributed by atoms with Crippen LogP contribution in [0.4, 0.5) is 0 Å². The quantitative estimate of drug-likeness (QED) is 0.647. The van der Waals surface area contributed by atoms with Crippen LogP contribution in [-0.4, -0.2) is 4.40 Å². The molecule has 0 unspecified atom stereocenters. The van der Waals surface area contributed by atoms with Crippen LogP contribution in [0.15, 0.2) is 36.7 Å². The van der Waals surface area contributed by atoms with Crippen LogP contribution in [0.25, 0.3) is 5.52 Å². The third kappa shape index (κ3) is 1.01. The topological polar surface area (TPSA) is 30.4 Å². The molecule has 2 aromatic heterocycles. The van der Waals surface area contributed by atoms with Gasteiger partial charge in [-0.05, 0) is 29.8 Å². The molecule has 0 radical (unpaired) electrons. The molecule has 0 aliphatic rings. The van der Waals surface area contributed by atoms with Crippen molar-refractivity contribution in [2.45, 2.75) is 6.54 Å². The van der Waals surface area contributed by atoms with Gasteiger partial charge in [-0.25, -0.2) is 0 Å². The zero-order chi connectivity index (χ0) is 7.68. The monoisotopic (exact) mass is 146 g/mol. The van der Waals surface area contributed by atoms with Crippen molar-refractivity contribution in [3.05, 3.63) is 42.2 Å². The van der Waals surface area contributed by atoms with Gasteiger partial charge in [0.25, 0.3) is 0 Å². The highest BCUT2D eigenvalue weighted by atomic mass is 14.8. The van der Waals surface area contributed by atoms with Crippen LogP contribution >= 0.6 is 0 Å². The average Bonchev–Trinajstić information content (AvgIpc) is 2.50. The van der Waals surface area contributed by atoms with Crippen molar-refractivity contribution >= 4 is 5.52 Å². The van der Waals surface area contributed by atoms with Crippen molar-refractivity contribution in [1.29, 1.82) is 0 Å². The van der Waals surface area contributed by atoms with Crippen LogP contribution in [-0.2, 0) is 6.54 Å². The lowest BCUT2D eigenvalue weighted by Gasteiger charge is -1.97. The van der Waals surface area contributed by atoms with Gasteiger partial charge < -0.3 is 10.1 Å². The summed E-state index contributed by atoms with van der Waals surface area (Å²) < 4.78 is 2.07. The fourth-order valence-corrected chi connectivity index (χ4v) is 1.21. The minimum Gasteiger partial charge on any atom is -0.326 e. The first-order valence-corrected chi connectivity index (χ1v) is 3.66. The minimum absolute atomic E-state index is 0.613. The lowest BCUT2D eigenvalue weighted by atomic mass is 10.2. The number of hydrogen-bond acceptors (Lipinski definition) is 1. The van der Waals surface area contributed by atoms with E-state index < -0.39 is 0 Å². The van der Waals surface area contributed by atoms with Crippen molar-refractivity contribution in [2.24, 2.45) is 5.73 Å². The van der Waals surface area contributed by atoms with E-state index in [1.807, 2.05) is 24.5 Å². The Morgan fingerprint density at radius 1 is 1.27 bits per heavy atom. The second kappa shape index (κ2) is 2.40. The van der Waals surface area contributed by atoms with E-state index in [0.29, 0.717) is 6.54 Å². The lowest BCUT2D eigenvalue weighted by molar-refractivity contribution is 1.05. The molecule has 0 spiro atoms. The van der Waals surface area contributed by atoms with E-state index >= 15 is 0 Å². The molecule has 2 nitrogen and oxygen atoms in total. The summed E-state index contributed by atoms with van der Waals surface area (Å²) in [5.74, 6) is 0. The number of nitrogens with two attached hydrogens (primary N) is 1. The molecule has 0 saturated carbocycles. The molecule has 0 atom stereocenters. The Morgan fingerprint density at radius 3 is 3.00 bits per heavy atom. The van der Waals surface area contributed by atoms with Gasteiger partial charge in [-0.15, -0.1) is 0 Å². The maximum Gasteiger partial charge on any atom is 0.0453 e. The van der Waals surface area contributed by atoms with Crippen LogP contribution in [0.2, 0.25) is 0 Å². The molecule has 2 N–H and O–H groups in total. The highest BCUT2D eigenvalue weighted by Gasteiger charge is 1.91. The number of aromatic nitrogens is 1. The van der Waals surface area contributed by atoms with E-state index in [1.54, 1.807) is 0 Å². The Balaban J connectivity index is 2.67. The molecule has 0 aliphatic carbocycles.